The van der Waals surface area contributed by atoms with E-state index in [9.17, 15) is 18.0 Å². The molecule has 0 unspecified atom stereocenters. The Kier molecular flexibility index (Phi) is 5.95. The van der Waals surface area contributed by atoms with Gasteiger partial charge in [0.25, 0.3) is 5.91 Å². The molecule has 1 saturated carbocycles. The van der Waals surface area contributed by atoms with E-state index >= 15 is 0 Å². The molecule has 1 aliphatic carbocycles. The SMILES string of the molecule is Nc1cc(Cl)ccc1C(=O)OCC(=O)N(C1CCCC1)[C@@H]1CCS(=O)(=O)C1. The van der Waals surface area contributed by atoms with Gasteiger partial charge in [-0.15, -0.1) is 0 Å². The van der Waals surface area contributed by atoms with E-state index in [2.05, 4.69) is 0 Å². The third kappa shape index (κ3) is 4.73. The van der Waals surface area contributed by atoms with Crippen LogP contribution in [0.2, 0.25) is 5.02 Å². The van der Waals surface area contributed by atoms with Crippen molar-refractivity contribution >= 4 is 39.0 Å². The zero-order valence-corrected chi connectivity index (χ0v) is 16.5. The topological polar surface area (TPSA) is 107 Å². The number of benzene rings is 1. The zero-order valence-electron chi connectivity index (χ0n) is 14.9. The fourth-order valence-electron chi connectivity index (χ4n) is 3.88. The minimum absolute atomic E-state index is 0.00935. The van der Waals surface area contributed by atoms with Crippen molar-refractivity contribution in [3.05, 3.63) is 28.8 Å². The van der Waals surface area contributed by atoms with Crippen molar-refractivity contribution in [2.45, 2.75) is 44.2 Å². The van der Waals surface area contributed by atoms with Gasteiger partial charge in [-0.2, -0.15) is 0 Å². The number of esters is 1. The van der Waals surface area contributed by atoms with E-state index in [1.165, 1.54) is 18.2 Å². The van der Waals surface area contributed by atoms with Crippen molar-refractivity contribution in [2.24, 2.45) is 0 Å². The molecule has 1 heterocycles. The van der Waals surface area contributed by atoms with Gasteiger partial charge < -0.3 is 15.4 Å². The Hall–Kier alpha value is -1.80. The molecule has 1 aromatic rings. The molecule has 1 atom stereocenters. The fourth-order valence-corrected chi connectivity index (χ4v) is 5.77. The van der Waals surface area contributed by atoms with Crippen LogP contribution < -0.4 is 5.73 Å². The molecule has 27 heavy (non-hydrogen) atoms. The summed E-state index contributed by atoms with van der Waals surface area (Å²) in [4.78, 5) is 26.7. The van der Waals surface area contributed by atoms with Crippen LogP contribution in [0.15, 0.2) is 18.2 Å². The second-order valence-electron chi connectivity index (χ2n) is 7.10. The molecule has 7 nitrogen and oxygen atoms in total. The van der Waals surface area contributed by atoms with Gasteiger partial charge in [-0.05, 0) is 37.5 Å². The van der Waals surface area contributed by atoms with Crippen LogP contribution in [0.5, 0.6) is 0 Å². The first kappa shape index (κ1) is 19.9. The number of halogens is 1. The molecule has 1 amide bonds. The van der Waals surface area contributed by atoms with Gasteiger partial charge in [0.2, 0.25) is 0 Å². The summed E-state index contributed by atoms with van der Waals surface area (Å²) in [6.07, 6.45) is 4.15. The zero-order chi connectivity index (χ0) is 19.6. The second kappa shape index (κ2) is 8.06. The fraction of sp³-hybridized carbons (Fsp3) is 0.556. The average molecular weight is 415 g/mol. The molecule has 0 aromatic heterocycles. The van der Waals surface area contributed by atoms with Crippen molar-refractivity contribution in [1.29, 1.82) is 0 Å². The smallest absolute Gasteiger partial charge is 0.340 e. The summed E-state index contributed by atoms with van der Waals surface area (Å²) >= 11 is 5.82. The monoisotopic (exact) mass is 414 g/mol. The standard InChI is InChI=1S/C18H23ClN2O5S/c19-12-5-6-15(16(20)9-12)18(23)26-10-17(22)21(13-3-1-2-4-13)14-7-8-27(24,25)11-14/h5-6,9,13-14H,1-4,7-8,10-11,20H2/t14-/m1/s1. The van der Waals surface area contributed by atoms with E-state index in [4.69, 9.17) is 22.1 Å². The molecule has 1 aliphatic heterocycles. The largest absolute Gasteiger partial charge is 0.452 e. The third-order valence-electron chi connectivity index (χ3n) is 5.17. The molecule has 0 spiro atoms. The molecule has 1 aromatic carbocycles. The van der Waals surface area contributed by atoms with Crippen LogP contribution in [0, 0.1) is 0 Å². The summed E-state index contributed by atoms with van der Waals surface area (Å²) in [6, 6.07) is 4.07. The van der Waals surface area contributed by atoms with Gasteiger partial charge in [-0.3, -0.25) is 4.79 Å². The van der Waals surface area contributed by atoms with Crippen LogP contribution in [0.1, 0.15) is 42.5 Å². The van der Waals surface area contributed by atoms with E-state index in [-0.39, 0.29) is 40.7 Å². The number of amides is 1. The summed E-state index contributed by atoms with van der Waals surface area (Å²) in [6.45, 7) is -0.437. The normalized spacial score (nSPS) is 21.9. The van der Waals surface area contributed by atoms with Crippen LogP contribution in [0.4, 0.5) is 5.69 Å². The van der Waals surface area contributed by atoms with Gasteiger partial charge >= 0.3 is 5.97 Å². The molecule has 2 N–H and O–H groups in total. The maximum Gasteiger partial charge on any atom is 0.340 e. The highest BCUT2D eigenvalue weighted by molar-refractivity contribution is 7.91. The number of nitrogen functional groups attached to an aromatic ring is 1. The van der Waals surface area contributed by atoms with Gasteiger partial charge in [0, 0.05) is 22.8 Å². The van der Waals surface area contributed by atoms with E-state index in [0.29, 0.717) is 11.4 Å². The summed E-state index contributed by atoms with van der Waals surface area (Å²) in [5, 5.41) is 0.398. The minimum atomic E-state index is -3.12. The van der Waals surface area contributed by atoms with Crippen molar-refractivity contribution in [2.75, 3.05) is 23.8 Å². The predicted molar refractivity (Wildman–Crippen MR) is 102 cm³/mol. The van der Waals surface area contributed by atoms with E-state index < -0.39 is 22.4 Å². The summed E-state index contributed by atoms with van der Waals surface area (Å²) < 4.78 is 28.9. The lowest BCUT2D eigenvalue weighted by Gasteiger charge is -2.33. The Balaban J connectivity index is 1.68. The predicted octanol–water partition coefficient (Wildman–Crippen LogP) is 2.04. The molecule has 0 radical (unpaired) electrons. The Labute approximate surface area is 163 Å². The number of rotatable bonds is 5. The number of anilines is 1. The molecular weight excluding hydrogens is 392 g/mol. The highest BCUT2D eigenvalue weighted by atomic mass is 35.5. The van der Waals surface area contributed by atoms with Crippen LogP contribution in [-0.2, 0) is 19.4 Å². The van der Waals surface area contributed by atoms with E-state index in [0.717, 1.165) is 25.7 Å². The number of carbonyl (C=O) groups is 2. The van der Waals surface area contributed by atoms with Crippen molar-refractivity contribution in [1.82, 2.24) is 4.90 Å². The van der Waals surface area contributed by atoms with Gasteiger partial charge in [-0.25, -0.2) is 13.2 Å². The summed E-state index contributed by atoms with van der Waals surface area (Å²) in [5.41, 5.74) is 6.09. The van der Waals surface area contributed by atoms with Gasteiger partial charge in [-0.1, -0.05) is 24.4 Å². The van der Waals surface area contributed by atoms with Gasteiger partial charge in [0.05, 0.1) is 17.1 Å². The van der Waals surface area contributed by atoms with E-state index in [1.54, 1.807) is 4.90 Å². The number of nitrogens with two attached hydrogens (primary N) is 1. The number of carbonyl (C=O) groups excluding carboxylic acids is 2. The highest BCUT2D eigenvalue weighted by Gasteiger charge is 2.39. The van der Waals surface area contributed by atoms with Crippen LogP contribution in [-0.4, -0.2) is 55.4 Å². The average Bonchev–Trinajstić information content (AvgIpc) is 3.23. The number of hydrogen-bond acceptors (Lipinski definition) is 6. The quantitative estimate of drug-likeness (QED) is 0.583. The molecule has 3 rings (SSSR count). The third-order valence-corrected chi connectivity index (χ3v) is 7.15. The Bertz CT molecular complexity index is 836. The Morgan fingerprint density at radius 1 is 1.19 bits per heavy atom. The maximum atomic E-state index is 12.8. The second-order valence-corrected chi connectivity index (χ2v) is 9.77. The number of sulfone groups is 1. The van der Waals surface area contributed by atoms with Crippen molar-refractivity contribution in [3.63, 3.8) is 0 Å². The van der Waals surface area contributed by atoms with Crippen LogP contribution in [0.25, 0.3) is 0 Å². The van der Waals surface area contributed by atoms with Crippen LogP contribution in [0.3, 0.4) is 0 Å². The lowest BCUT2D eigenvalue weighted by atomic mass is 10.1. The maximum absolute atomic E-state index is 12.8. The first-order valence-corrected chi connectivity index (χ1v) is 11.2. The summed E-state index contributed by atoms with van der Waals surface area (Å²) in [5.74, 6) is -0.990. The molecule has 0 bridgehead atoms. The first-order valence-electron chi connectivity index (χ1n) is 9.00. The number of nitrogens with zero attached hydrogens (tertiary/aromatic N) is 1. The van der Waals surface area contributed by atoms with Crippen LogP contribution >= 0.6 is 11.6 Å². The molecule has 1 saturated heterocycles. The first-order chi connectivity index (χ1) is 12.8. The van der Waals surface area contributed by atoms with Gasteiger partial charge in [0.1, 0.15) is 0 Å². The Morgan fingerprint density at radius 3 is 2.48 bits per heavy atom. The van der Waals surface area contributed by atoms with Gasteiger partial charge in [0.15, 0.2) is 16.4 Å². The molecular formula is C18H23ClN2O5S. The minimum Gasteiger partial charge on any atom is -0.452 e. The molecule has 148 valence electrons. The van der Waals surface area contributed by atoms with Crippen molar-refractivity contribution in [3.8, 4) is 0 Å². The lowest BCUT2D eigenvalue weighted by molar-refractivity contribution is -0.139. The number of hydrogen-bond donors (Lipinski definition) is 1. The lowest BCUT2D eigenvalue weighted by Crippen LogP contribution is -2.48. The van der Waals surface area contributed by atoms with Crippen molar-refractivity contribution < 1.29 is 22.7 Å². The number of ether oxygens (including phenoxy) is 1. The summed E-state index contributed by atoms with van der Waals surface area (Å²) in [7, 11) is -3.12. The molecule has 2 fully saturated rings. The molecule has 2 aliphatic rings. The molecule has 9 heteroatoms. The highest BCUT2D eigenvalue weighted by Crippen LogP contribution is 2.29. The van der Waals surface area contributed by atoms with E-state index in [1.807, 2.05) is 0 Å². The Morgan fingerprint density at radius 2 is 1.89 bits per heavy atom.